The van der Waals surface area contributed by atoms with E-state index in [4.69, 9.17) is 10.5 Å². The fraction of sp³-hybridized carbons (Fsp3) is 0.600. The van der Waals surface area contributed by atoms with E-state index in [0.717, 1.165) is 18.7 Å². The summed E-state index contributed by atoms with van der Waals surface area (Å²) in [6, 6.07) is 1.99. The number of hydrogen-bond donors (Lipinski definition) is 1. The summed E-state index contributed by atoms with van der Waals surface area (Å²) in [6.07, 6.45) is 6.94. The second kappa shape index (κ2) is 4.48. The molecule has 2 atom stereocenters. The van der Waals surface area contributed by atoms with Gasteiger partial charge in [0.25, 0.3) is 0 Å². The van der Waals surface area contributed by atoms with Crippen LogP contribution in [-0.2, 0) is 11.3 Å². The molecule has 2 unspecified atom stereocenters. The standard InChI is InChI=1S/C10H15N3O/c11-8-3-1-4-9(8)14-7-10-12-5-2-6-13-10/h2,5-6,8-9H,1,3-4,7,11H2. The minimum Gasteiger partial charge on any atom is -0.369 e. The molecule has 1 fully saturated rings. The number of ether oxygens (including phenoxy) is 1. The molecular weight excluding hydrogens is 178 g/mol. The molecule has 0 amide bonds. The zero-order valence-electron chi connectivity index (χ0n) is 8.10. The fourth-order valence-electron chi connectivity index (χ4n) is 1.75. The van der Waals surface area contributed by atoms with Crippen LogP contribution in [0.4, 0.5) is 0 Å². The van der Waals surface area contributed by atoms with Crippen molar-refractivity contribution in [2.24, 2.45) is 5.73 Å². The van der Waals surface area contributed by atoms with Gasteiger partial charge in [-0.25, -0.2) is 9.97 Å². The summed E-state index contributed by atoms with van der Waals surface area (Å²) in [5.41, 5.74) is 5.88. The van der Waals surface area contributed by atoms with Crippen LogP contribution in [0.2, 0.25) is 0 Å². The molecule has 0 aromatic carbocycles. The lowest BCUT2D eigenvalue weighted by Crippen LogP contribution is -2.31. The highest BCUT2D eigenvalue weighted by Crippen LogP contribution is 2.20. The minimum atomic E-state index is 0.193. The smallest absolute Gasteiger partial charge is 0.153 e. The molecule has 1 aromatic heterocycles. The third kappa shape index (κ3) is 2.27. The summed E-state index contributed by atoms with van der Waals surface area (Å²) < 4.78 is 5.65. The maximum Gasteiger partial charge on any atom is 0.153 e. The third-order valence-electron chi connectivity index (χ3n) is 2.55. The van der Waals surface area contributed by atoms with Gasteiger partial charge in [0, 0.05) is 18.4 Å². The molecule has 1 aliphatic rings. The molecule has 2 rings (SSSR count). The van der Waals surface area contributed by atoms with Gasteiger partial charge in [-0.3, -0.25) is 0 Å². The van der Waals surface area contributed by atoms with Gasteiger partial charge in [-0.1, -0.05) is 0 Å². The van der Waals surface area contributed by atoms with E-state index >= 15 is 0 Å². The summed E-state index contributed by atoms with van der Waals surface area (Å²) >= 11 is 0. The van der Waals surface area contributed by atoms with Crippen LogP contribution in [0.15, 0.2) is 18.5 Å². The monoisotopic (exact) mass is 193 g/mol. The predicted octanol–water partition coefficient (Wildman–Crippen LogP) is 0.873. The van der Waals surface area contributed by atoms with Crippen molar-refractivity contribution in [2.75, 3.05) is 0 Å². The summed E-state index contributed by atoms with van der Waals surface area (Å²) in [5.74, 6) is 0.728. The van der Waals surface area contributed by atoms with Gasteiger partial charge in [0.2, 0.25) is 0 Å². The van der Waals surface area contributed by atoms with Crippen LogP contribution in [0.1, 0.15) is 25.1 Å². The van der Waals surface area contributed by atoms with Crippen molar-refractivity contribution in [2.45, 2.75) is 38.0 Å². The van der Waals surface area contributed by atoms with E-state index in [2.05, 4.69) is 9.97 Å². The van der Waals surface area contributed by atoms with Crippen molar-refractivity contribution in [1.82, 2.24) is 9.97 Å². The SMILES string of the molecule is NC1CCCC1OCc1ncccn1. The van der Waals surface area contributed by atoms with Gasteiger partial charge in [-0.15, -0.1) is 0 Å². The highest BCUT2D eigenvalue weighted by molar-refractivity contribution is 4.87. The second-order valence-corrected chi connectivity index (χ2v) is 3.61. The first-order chi connectivity index (χ1) is 6.86. The van der Waals surface area contributed by atoms with Gasteiger partial charge in [0.05, 0.1) is 6.10 Å². The van der Waals surface area contributed by atoms with E-state index in [1.54, 1.807) is 18.5 Å². The van der Waals surface area contributed by atoms with Crippen LogP contribution in [0.3, 0.4) is 0 Å². The molecule has 1 heterocycles. The zero-order chi connectivity index (χ0) is 9.80. The van der Waals surface area contributed by atoms with Gasteiger partial charge in [0.1, 0.15) is 6.61 Å². The van der Waals surface area contributed by atoms with Gasteiger partial charge >= 0.3 is 0 Å². The molecule has 1 aromatic rings. The van der Waals surface area contributed by atoms with Gasteiger partial charge in [0.15, 0.2) is 5.82 Å². The number of aromatic nitrogens is 2. The van der Waals surface area contributed by atoms with Crippen molar-refractivity contribution in [1.29, 1.82) is 0 Å². The lowest BCUT2D eigenvalue weighted by atomic mass is 10.2. The molecule has 2 N–H and O–H groups in total. The normalized spacial score (nSPS) is 26.6. The predicted molar refractivity (Wildman–Crippen MR) is 52.4 cm³/mol. The number of nitrogens with zero attached hydrogens (tertiary/aromatic N) is 2. The van der Waals surface area contributed by atoms with Crippen LogP contribution in [0.5, 0.6) is 0 Å². The Kier molecular flexibility index (Phi) is 3.06. The Balaban J connectivity index is 1.82. The van der Waals surface area contributed by atoms with E-state index in [1.807, 2.05) is 0 Å². The maximum absolute atomic E-state index is 5.88. The van der Waals surface area contributed by atoms with Crippen LogP contribution < -0.4 is 5.73 Å². The average molecular weight is 193 g/mol. The van der Waals surface area contributed by atoms with Crippen LogP contribution >= 0.6 is 0 Å². The van der Waals surface area contributed by atoms with Crippen LogP contribution in [-0.4, -0.2) is 22.1 Å². The molecule has 0 spiro atoms. The molecule has 76 valence electrons. The lowest BCUT2D eigenvalue weighted by molar-refractivity contribution is 0.0319. The largest absolute Gasteiger partial charge is 0.369 e. The van der Waals surface area contributed by atoms with E-state index < -0.39 is 0 Å². The third-order valence-corrected chi connectivity index (χ3v) is 2.55. The summed E-state index contributed by atoms with van der Waals surface area (Å²) in [7, 11) is 0. The molecule has 14 heavy (non-hydrogen) atoms. The van der Waals surface area contributed by atoms with Crippen LogP contribution in [0, 0.1) is 0 Å². The Bertz CT molecular complexity index is 278. The first-order valence-corrected chi connectivity index (χ1v) is 4.99. The lowest BCUT2D eigenvalue weighted by Gasteiger charge is -2.15. The van der Waals surface area contributed by atoms with Gasteiger partial charge in [-0.05, 0) is 25.3 Å². The van der Waals surface area contributed by atoms with E-state index in [9.17, 15) is 0 Å². The molecule has 4 nitrogen and oxygen atoms in total. The summed E-state index contributed by atoms with van der Waals surface area (Å²) in [4.78, 5) is 8.18. The minimum absolute atomic E-state index is 0.193. The van der Waals surface area contributed by atoms with Gasteiger partial charge in [-0.2, -0.15) is 0 Å². The zero-order valence-corrected chi connectivity index (χ0v) is 8.10. The molecule has 0 saturated heterocycles. The molecule has 0 bridgehead atoms. The van der Waals surface area contributed by atoms with Crippen molar-refractivity contribution in [3.8, 4) is 0 Å². The highest BCUT2D eigenvalue weighted by Gasteiger charge is 2.24. The first-order valence-electron chi connectivity index (χ1n) is 4.99. The van der Waals surface area contributed by atoms with Crippen molar-refractivity contribution in [3.63, 3.8) is 0 Å². The highest BCUT2D eigenvalue weighted by atomic mass is 16.5. The Morgan fingerprint density at radius 2 is 2.14 bits per heavy atom. The topological polar surface area (TPSA) is 61.0 Å². The van der Waals surface area contributed by atoms with E-state index in [0.29, 0.717) is 6.61 Å². The fourth-order valence-corrected chi connectivity index (χ4v) is 1.75. The Hall–Kier alpha value is -1.00. The molecule has 0 aliphatic heterocycles. The van der Waals surface area contributed by atoms with Gasteiger partial charge < -0.3 is 10.5 Å². The summed E-state index contributed by atoms with van der Waals surface area (Å²) in [6.45, 7) is 0.471. The summed E-state index contributed by atoms with van der Waals surface area (Å²) in [5, 5.41) is 0. The Morgan fingerprint density at radius 1 is 1.36 bits per heavy atom. The quantitative estimate of drug-likeness (QED) is 0.773. The first kappa shape index (κ1) is 9.55. The number of rotatable bonds is 3. The number of nitrogens with two attached hydrogens (primary N) is 1. The Morgan fingerprint density at radius 3 is 2.79 bits per heavy atom. The molecule has 1 saturated carbocycles. The van der Waals surface area contributed by atoms with Crippen molar-refractivity contribution in [3.05, 3.63) is 24.3 Å². The average Bonchev–Trinajstić information content (AvgIpc) is 2.63. The second-order valence-electron chi connectivity index (χ2n) is 3.61. The van der Waals surface area contributed by atoms with Crippen molar-refractivity contribution < 1.29 is 4.74 Å². The van der Waals surface area contributed by atoms with Crippen LogP contribution in [0.25, 0.3) is 0 Å². The number of hydrogen-bond acceptors (Lipinski definition) is 4. The Labute approximate surface area is 83.5 Å². The molecular formula is C10H15N3O. The van der Waals surface area contributed by atoms with Crippen molar-refractivity contribution >= 4 is 0 Å². The maximum atomic E-state index is 5.88. The van der Waals surface area contributed by atoms with E-state index in [-0.39, 0.29) is 12.1 Å². The van der Waals surface area contributed by atoms with E-state index in [1.165, 1.54) is 6.42 Å². The molecule has 4 heteroatoms. The molecule has 0 radical (unpaired) electrons. The molecule has 1 aliphatic carbocycles.